The van der Waals surface area contributed by atoms with Crippen molar-refractivity contribution in [2.75, 3.05) is 20.2 Å². The van der Waals surface area contributed by atoms with Crippen molar-refractivity contribution in [2.45, 2.75) is 30.3 Å². The minimum atomic E-state index is -3.40. The quantitative estimate of drug-likeness (QED) is 0.801. The van der Waals surface area contributed by atoms with Crippen LogP contribution in [-0.2, 0) is 14.8 Å². The summed E-state index contributed by atoms with van der Waals surface area (Å²) in [5.41, 5.74) is 0.659. The number of piperidine rings is 1. The minimum absolute atomic E-state index is 0.353. The predicted octanol–water partition coefficient (Wildman–Crippen LogP) is 2.35. The second-order valence-corrected chi connectivity index (χ2v) is 7.13. The lowest BCUT2D eigenvalue weighted by molar-refractivity contribution is -0.00538. The first-order chi connectivity index (χ1) is 9.43. The van der Waals surface area contributed by atoms with Crippen molar-refractivity contribution in [1.29, 1.82) is 0 Å². The van der Waals surface area contributed by atoms with Gasteiger partial charge in [-0.05, 0) is 31.9 Å². The lowest BCUT2D eigenvalue weighted by Crippen LogP contribution is -2.46. The van der Waals surface area contributed by atoms with Crippen molar-refractivity contribution in [1.82, 2.24) is 4.31 Å². The van der Waals surface area contributed by atoms with Gasteiger partial charge in [-0.2, -0.15) is 4.31 Å². The van der Waals surface area contributed by atoms with Crippen molar-refractivity contribution < 1.29 is 13.2 Å². The van der Waals surface area contributed by atoms with Gasteiger partial charge >= 0.3 is 0 Å². The van der Waals surface area contributed by atoms with Crippen LogP contribution in [0, 0.1) is 6.92 Å². The third kappa shape index (κ3) is 2.80. The highest BCUT2D eigenvalue weighted by Gasteiger charge is 2.36. The van der Waals surface area contributed by atoms with Gasteiger partial charge in [-0.25, -0.2) is 8.42 Å². The fraction of sp³-hybridized carbons (Fsp3) is 0.467. The zero-order valence-corrected chi connectivity index (χ0v) is 12.8. The Balaban J connectivity index is 2.17. The number of hydrogen-bond donors (Lipinski definition) is 0. The monoisotopic (exact) mass is 295 g/mol. The number of nitrogens with zero attached hydrogens (tertiary/aromatic N) is 1. The molecule has 0 spiro atoms. The van der Waals surface area contributed by atoms with Gasteiger partial charge in [0.25, 0.3) is 0 Å². The summed E-state index contributed by atoms with van der Waals surface area (Å²) in [6.45, 7) is 6.64. The van der Waals surface area contributed by atoms with E-state index in [2.05, 4.69) is 6.58 Å². The molecule has 1 aliphatic heterocycles. The van der Waals surface area contributed by atoms with Crippen molar-refractivity contribution >= 4 is 10.0 Å². The minimum Gasteiger partial charge on any atom is -0.374 e. The zero-order chi connectivity index (χ0) is 14.8. The van der Waals surface area contributed by atoms with Gasteiger partial charge in [0.1, 0.15) is 0 Å². The maximum Gasteiger partial charge on any atom is 0.243 e. The van der Waals surface area contributed by atoms with Gasteiger partial charge in [0, 0.05) is 20.2 Å². The molecule has 0 atom stereocenters. The van der Waals surface area contributed by atoms with Crippen LogP contribution in [0.1, 0.15) is 18.4 Å². The van der Waals surface area contributed by atoms with Gasteiger partial charge in [-0.15, -0.1) is 6.58 Å². The summed E-state index contributed by atoms with van der Waals surface area (Å²) in [7, 11) is -1.76. The van der Waals surface area contributed by atoms with Crippen LogP contribution >= 0.6 is 0 Å². The first-order valence-corrected chi connectivity index (χ1v) is 8.13. The average molecular weight is 295 g/mol. The largest absolute Gasteiger partial charge is 0.374 e. The molecule has 1 aromatic rings. The van der Waals surface area contributed by atoms with Gasteiger partial charge < -0.3 is 4.74 Å². The summed E-state index contributed by atoms with van der Waals surface area (Å²) in [6.07, 6.45) is 3.05. The number of rotatable bonds is 4. The van der Waals surface area contributed by atoms with E-state index in [-0.39, 0.29) is 5.60 Å². The van der Waals surface area contributed by atoms with E-state index in [0.717, 1.165) is 5.56 Å². The number of benzene rings is 1. The fourth-order valence-corrected chi connectivity index (χ4v) is 3.90. The Labute approximate surface area is 121 Å². The number of hydrogen-bond acceptors (Lipinski definition) is 3. The Morgan fingerprint density at radius 3 is 2.25 bits per heavy atom. The third-order valence-electron chi connectivity index (χ3n) is 4.01. The SMILES string of the molecule is C=CC1(OC)CCN(S(=O)(=O)c2ccc(C)cc2)CC1. The van der Waals surface area contributed by atoms with Crippen molar-refractivity contribution in [2.24, 2.45) is 0 Å². The molecule has 5 heteroatoms. The topological polar surface area (TPSA) is 46.6 Å². The molecular formula is C15H21NO3S. The van der Waals surface area contributed by atoms with E-state index in [9.17, 15) is 8.42 Å². The molecule has 20 heavy (non-hydrogen) atoms. The molecule has 0 aliphatic carbocycles. The average Bonchev–Trinajstić information content (AvgIpc) is 2.47. The third-order valence-corrected chi connectivity index (χ3v) is 5.92. The van der Waals surface area contributed by atoms with Crippen molar-refractivity contribution in [3.05, 3.63) is 42.5 Å². The van der Waals surface area contributed by atoms with Crippen LogP contribution in [0.4, 0.5) is 0 Å². The first kappa shape index (κ1) is 15.2. The molecule has 4 nitrogen and oxygen atoms in total. The molecule has 0 unspecified atom stereocenters. The Bertz CT molecular complexity index is 570. The van der Waals surface area contributed by atoms with E-state index >= 15 is 0 Å². The van der Waals surface area contributed by atoms with Gasteiger partial charge in [0.05, 0.1) is 10.5 Å². The summed E-state index contributed by atoms with van der Waals surface area (Å²) in [4.78, 5) is 0.353. The summed E-state index contributed by atoms with van der Waals surface area (Å²) in [5, 5.41) is 0. The Kier molecular flexibility index (Phi) is 4.32. The predicted molar refractivity (Wildman–Crippen MR) is 79.1 cm³/mol. The maximum atomic E-state index is 12.5. The van der Waals surface area contributed by atoms with E-state index in [0.29, 0.717) is 30.8 Å². The van der Waals surface area contributed by atoms with E-state index in [1.807, 2.05) is 19.1 Å². The van der Waals surface area contributed by atoms with Crippen LogP contribution in [0.15, 0.2) is 41.8 Å². The summed E-state index contributed by atoms with van der Waals surface area (Å²) in [6, 6.07) is 6.97. The Hall–Kier alpha value is -1.17. The highest BCUT2D eigenvalue weighted by atomic mass is 32.2. The Morgan fingerprint density at radius 2 is 1.80 bits per heavy atom. The molecule has 1 aliphatic rings. The molecule has 0 aromatic heterocycles. The lowest BCUT2D eigenvalue weighted by atomic mass is 9.92. The van der Waals surface area contributed by atoms with E-state index in [1.165, 1.54) is 4.31 Å². The molecule has 0 saturated carbocycles. The molecule has 1 fully saturated rings. The summed E-state index contributed by atoms with van der Waals surface area (Å²) < 4.78 is 32.1. The van der Waals surface area contributed by atoms with Crippen LogP contribution in [-0.4, -0.2) is 38.5 Å². The van der Waals surface area contributed by atoms with E-state index < -0.39 is 10.0 Å². The number of aryl methyl sites for hydroxylation is 1. The number of ether oxygens (including phenoxy) is 1. The molecule has 0 radical (unpaired) electrons. The van der Waals surface area contributed by atoms with Gasteiger partial charge in [-0.1, -0.05) is 23.8 Å². The normalized spacial score (nSPS) is 19.7. The number of methoxy groups -OCH3 is 1. The highest BCUT2D eigenvalue weighted by molar-refractivity contribution is 7.89. The second kappa shape index (κ2) is 5.68. The molecule has 0 bridgehead atoms. The molecule has 0 amide bonds. The van der Waals surface area contributed by atoms with Gasteiger partial charge in [-0.3, -0.25) is 0 Å². The smallest absolute Gasteiger partial charge is 0.243 e. The molecular weight excluding hydrogens is 274 g/mol. The molecule has 0 N–H and O–H groups in total. The van der Waals surface area contributed by atoms with Crippen LogP contribution in [0.2, 0.25) is 0 Å². The Morgan fingerprint density at radius 1 is 1.25 bits per heavy atom. The lowest BCUT2D eigenvalue weighted by Gasteiger charge is -2.38. The molecule has 110 valence electrons. The molecule has 2 rings (SSSR count). The van der Waals surface area contributed by atoms with Gasteiger partial charge in [0.15, 0.2) is 0 Å². The molecule has 1 aromatic carbocycles. The van der Waals surface area contributed by atoms with Gasteiger partial charge in [0.2, 0.25) is 10.0 Å². The first-order valence-electron chi connectivity index (χ1n) is 6.69. The van der Waals surface area contributed by atoms with Crippen molar-refractivity contribution in [3.63, 3.8) is 0 Å². The maximum absolute atomic E-state index is 12.5. The summed E-state index contributed by atoms with van der Waals surface area (Å²) in [5.74, 6) is 0. The fourth-order valence-electron chi connectivity index (χ4n) is 2.46. The van der Waals surface area contributed by atoms with E-state index in [1.54, 1.807) is 25.3 Å². The van der Waals surface area contributed by atoms with Crippen LogP contribution < -0.4 is 0 Å². The highest BCUT2D eigenvalue weighted by Crippen LogP contribution is 2.29. The van der Waals surface area contributed by atoms with Crippen LogP contribution in [0.25, 0.3) is 0 Å². The standard InChI is InChI=1S/C15H21NO3S/c1-4-15(19-3)9-11-16(12-10-15)20(17,18)14-7-5-13(2)6-8-14/h4-8H,1,9-12H2,2-3H3. The summed E-state index contributed by atoms with van der Waals surface area (Å²) >= 11 is 0. The van der Waals surface area contributed by atoms with E-state index in [4.69, 9.17) is 4.74 Å². The molecule has 1 saturated heterocycles. The van der Waals surface area contributed by atoms with Crippen molar-refractivity contribution in [3.8, 4) is 0 Å². The zero-order valence-electron chi connectivity index (χ0n) is 12.0. The molecule has 1 heterocycles. The van der Waals surface area contributed by atoms with Crippen LogP contribution in [0.5, 0.6) is 0 Å². The second-order valence-electron chi connectivity index (χ2n) is 5.19. The number of sulfonamides is 1. The van der Waals surface area contributed by atoms with Crippen LogP contribution in [0.3, 0.4) is 0 Å².